The standard InChI is InChI=1S/C12H17ClN4O/c1-17(7-8-3-2-4-8)12-10(13)9(5-6-15-12)11(14)16-18/h5-6,8,18H,2-4,7H2,1H3,(H2,14,16). The molecular formula is C12H17ClN4O. The van der Waals surface area contributed by atoms with Crippen LogP contribution >= 0.6 is 11.6 Å². The van der Waals surface area contributed by atoms with Gasteiger partial charge in [0.2, 0.25) is 0 Å². The molecule has 1 saturated carbocycles. The van der Waals surface area contributed by atoms with Crippen molar-refractivity contribution in [3.63, 3.8) is 0 Å². The van der Waals surface area contributed by atoms with E-state index in [-0.39, 0.29) is 5.84 Å². The molecule has 1 aliphatic rings. The molecular weight excluding hydrogens is 252 g/mol. The maximum absolute atomic E-state index is 8.71. The minimum Gasteiger partial charge on any atom is -0.409 e. The molecule has 1 aromatic rings. The van der Waals surface area contributed by atoms with Crippen molar-refractivity contribution < 1.29 is 5.21 Å². The number of anilines is 1. The summed E-state index contributed by atoms with van der Waals surface area (Å²) in [5, 5.41) is 12.1. The largest absolute Gasteiger partial charge is 0.409 e. The van der Waals surface area contributed by atoms with E-state index in [4.69, 9.17) is 22.5 Å². The highest BCUT2D eigenvalue weighted by molar-refractivity contribution is 6.36. The van der Waals surface area contributed by atoms with Gasteiger partial charge in [0.15, 0.2) is 5.84 Å². The first-order valence-corrected chi connectivity index (χ1v) is 6.34. The predicted octanol–water partition coefficient (Wildman–Crippen LogP) is 2.07. The van der Waals surface area contributed by atoms with Gasteiger partial charge in [0, 0.05) is 25.4 Å². The van der Waals surface area contributed by atoms with Crippen LogP contribution in [0.25, 0.3) is 0 Å². The van der Waals surface area contributed by atoms with Gasteiger partial charge in [0.05, 0.1) is 5.02 Å². The molecule has 0 unspecified atom stereocenters. The van der Waals surface area contributed by atoms with Crippen molar-refractivity contribution in [2.75, 3.05) is 18.5 Å². The fraction of sp³-hybridized carbons (Fsp3) is 0.500. The lowest BCUT2D eigenvalue weighted by molar-refractivity contribution is 0.318. The Hall–Kier alpha value is -1.49. The molecule has 0 radical (unpaired) electrons. The number of halogens is 1. The van der Waals surface area contributed by atoms with E-state index in [1.807, 2.05) is 11.9 Å². The SMILES string of the molecule is CN(CC1CCC1)c1nccc(/C(N)=N/O)c1Cl. The molecule has 1 fully saturated rings. The summed E-state index contributed by atoms with van der Waals surface area (Å²) >= 11 is 6.25. The molecule has 5 nitrogen and oxygen atoms in total. The number of nitrogens with two attached hydrogens (primary N) is 1. The summed E-state index contributed by atoms with van der Waals surface area (Å²) in [5.74, 6) is 1.40. The van der Waals surface area contributed by atoms with E-state index in [0.717, 1.165) is 12.5 Å². The number of nitrogens with zero attached hydrogens (tertiary/aromatic N) is 3. The molecule has 0 amide bonds. The van der Waals surface area contributed by atoms with Gasteiger partial charge in [-0.2, -0.15) is 0 Å². The minimum atomic E-state index is 0.000643. The van der Waals surface area contributed by atoms with Gasteiger partial charge in [-0.1, -0.05) is 23.2 Å². The lowest BCUT2D eigenvalue weighted by atomic mass is 9.85. The van der Waals surface area contributed by atoms with E-state index in [1.165, 1.54) is 19.3 Å². The number of amidine groups is 1. The molecule has 98 valence electrons. The summed E-state index contributed by atoms with van der Waals surface area (Å²) in [6.45, 7) is 0.937. The average molecular weight is 269 g/mol. The summed E-state index contributed by atoms with van der Waals surface area (Å²) in [6.07, 6.45) is 5.46. The first kappa shape index (κ1) is 13.0. The summed E-state index contributed by atoms with van der Waals surface area (Å²) in [4.78, 5) is 6.30. The maximum Gasteiger partial charge on any atom is 0.171 e. The molecule has 0 aromatic carbocycles. The van der Waals surface area contributed by atoms with Crippen LogP contribution in [0.4, 0.5) is 5.82 Å². The topological polar surface area (TPSA) is 74.7 Å². The van der Waals surface area contributed by atoms with Crippen LogP contribution in [0.15, 0.2) is 17.4 Å². The van der Waals surface area contributed by atoms with Crippen LogP contribution in [0.5, 0.6) is 0 Å². The highest BCUT2D eigenvalue weighted by Crippen LogP contribution is 2.31. The second kappa shape index (κ2) is 5.44. The average Bonchev–Trinajstić information content (AvgIpc) is 2.33. The molecule has 0 bridgehead atoms. The van der Waals surface area contributed by atoms with Gasteiger partial charge in [0.1, 0.15) is 5.82 Å². The normalized spacial score (nSPS) is 16.4. The van der Waals surface area contributed by atoms with Crippen molar-refractivity contribution >= 4 is 23.3 Å². The number of oxime groups is 1. The Labute approximate surface area is 111 Å². The van der Waals surface area contributed by atoms with Gasteiger partial charge >= 0.3 is 0 Å². The first-order valence-electron chi connectivity index (χ1n) is 5.97. The number of rotatable bonds is 4. The third-order valence-electron chi connectivity index (χ3n) is 3.37. The molecule has 0 spiro atoms. The zero-order chi connectivity index (χ0) is 13.1. The van der Waals surface area contributed by atoms with Gasteiger partial charge in [0.25, 0.3) is 0 Å². The zero-order valence-electron chi connectivity index (χ0n) is 10.3. The Morgan fingerprint density at radius 1 is 1.67 bits per heavy atom. The predicted molar refractivity (Wildman–Crippen MR) is 72.4 cm³/mol. The quantitative estimate of drug-likeness (QED) is 0.379. The molecule has 0 atom stereocenters. The van der Waals surface area contributed by atoms with Crippen LogP contribution in [0.3, 0.4) is 0 Å². The summed E-state index contributed by atoms with van der Waals surface area (Å²) in [6, 6.07) is 1.64. The van der Waals surface area contributed by atoms with Crippen LogP contribution in [-0.4, -0.2) is 29.6 Å². The second-order valence-electron chi connectivity index (χ2n) is 4.66. The van der Waals surface area contributed by atoms with E-state index in [2.05, 4.69) is 10.1 Å². The van der Waals surface area contributed by atoms with E-state index < -0.39 is 0 Å². The number of aromatic nitrogens is 1. The molecule has 2 rings (SSSR count). The fourth-order valence-corrected chi connectivity index (χ4v) is 2.45. The highest BCUT2D eigenvalue weighted by atomic mass is 35.5. The van der Waals surface area contributed by atoms with E-state index in [0.29, 0.717) is 16.4 Å². The van der Waals surface area contributed by atoms with Crippen LogP contribution in [-0.2, 0) is 0 Å². The highest BCUT2D eigenvalue weighted by Gasteiger charge is 2.21. The van der Waals surface area contributed by atoms with E-state index in [1.54, 1.807) is 12.3 Å². The second-order valence-corrected chi connectivity index (χ2v) is 5.04. The fourth-order valence-electron chi connectivity index (χ4n) is 2.10. The first-order chi connectivity index (χ1) is 8.63. The van der Waals surface area contributed by atoms with Gasteiger partial charge in [-0.15, -0.1) is 0 Å². The van der Waals surface area contributed by atoms with Crippen molar-refractivity contribution in [2.24, 2.45) is 16.8 Å². The molecule has 1 aliphatic carbocycles. The molecule has 18 heavy (non-hydrogen) atoms. The third-order valence-corrected chi connectivity index (χ3v) is 3.75. The van der Waals surface area contributed by atoms with Gasteiger partial charge in [-0.3, -0.25) is 0 Å². The van der Waals surface area contributed by atoms with Crippen LogP contribution in [0.1, 0.15) is 24.8 Å². The Morgan fingerprint density at radius 2 is 2.39 bits per heavy atom. The lowest BCUT2D eigenvalue weighted by Gasteiger charge is -2.31. The molecule has 1 aromatic heterocycles. The van der Waals surface area contributed by atoms with Gasteiger partial charge in [-0.05, 0) is 24.8 Å². The molecule has 0 aliphatic heterocycles. The molecule has 6 heteroatoms. The maximum atomic E-state index is 8.71. The van der Waals surface area contributed by atoms with Crippen molar-refractivity contribution in [3.05, 3.63) is 22.8 Å². The summed E-state index contributed by atoms with van der Waals surface area (Å²) < 4.78 is 0. The van der Waals surface area contributed by atoms with Gasteiger partial charge < -0.3 is 15.8 Å². The molecule has 1 heterocycles. The number of pyridine rings is 1. The third kappa shape index (κ3) is 2.51. The van der Waals surface area contributed by atoms with E-state index in [9.17, 15) is 0 Å². The van der Waals surface area contributed by atoms with Gasteiger partial charge in [-0.25, -0.2) is 4.98 Å². The van der Waals surface area contributed by atoms with Crippen LogP contribution in [0.2, 0.25) is 5.02 Å². The number of hydrogen-bond donors (Lipinski definition) is 2. The summed E-state index contributed by atoms with van der Waals surface area (Å²) in [5.41, 5.74) is 6.08. The Morgan fingerprint density at radius 3 is 2.94 bits per heavy atom. The molecule has 3 N–H and O–H groups in total. The van der Waals surface area contributed by atoms with Crippen LogP contribution in [0, 0.1) is 5.92 Å². The lowest BCUT2D eigenvalue weighted by Crippen LogP contribution is -2.30. The summed E-state index contributed by atoms with van der Waals surface area (Å²) in [7, 11) is 1.96. The van der Waals surface area contributed by atoms with Crippen molar-refractivity contribution in [1.82, 2.24) is 4.98 Å². The monoisotopic (exact) mass is 268 g/mol. The Kier molecular flexibility index (Phi) is 3.91. The van der Waals surface area contributed by atoms with Crippen molar-refractivity contribution in [2.45, 2.75) is 19.3 Å². The minimum absolute atomic E-state index is 0.000643. The Balaban J connectivity index is 2.21. The van der Waals surface area contributed by atoms with Crippen molar-refractivity contribution in [1.29, 1.82) is 0 Å². The van der Waals surface area contributed by atoms with Crippen LogP contribution < -0.4 is 10.6 Å². The number of hydrogen-bond acceptors (Lipinski definition) is 4. The zero-order valence-corrected chi connectivity index (χ0v) is 11.1. The smallest absolute Gasteiger partial charge is 0.171 e. The van der Waals surface area contributed by atoms with E-state index >= 15 is 0 Å². The van der Waals surface area contributed by atoms with Crippen molar-refractivity contribution in [3.8, 4) is 0 Å². The molecule has 0 saturated heterocycles. The Bertz CT molecular complexity index is 459.